The number of rotatable bonds is 3. The molecular weight excluding hydrogens is 211 g/mol. The third-order valence-electron chi connectivity index (χ3n) is 1.53. The van der Waals surface area contributed by atoms with Gasteiger partial charge in [-0.05, 0) is 13.0 Å². The lowest BCUT2D eigenvalue weighted by Gasteiger charge is -2.08. The summed E-state index contributed by atoms with van der Waals surface area (Å²) in [5.74, 6) is -0.464. The summed E-state index contributed by atoms with van der Waals surface area (Å²) < 4.78 is 39.7. The van der Waals surface area contributed by atoms with Crippen molar-refractivity contribution in [2.75, 3.05) is 6.61 Å². The Balaban J connectivity index is 2.70. The van der Waals surface area contributed by atoms with Crippen LogP contribution < -0.4 is 4.74 Å². The van der Waals surface area contributed by atoms with Gasteiger partial charge in [0.2, 0.25) is 5.88 Å². The summed E-state index contributed by atoms with van der Waals surface area (Å²) >= 11 is 0. The maximum atomic E-state index is 11.8. The van der Waals surface area contributed by atoms with Crippen molar-refractivity contribution >= 4 is 5.78 Å². The number of hydrogen-bond donors (Lipinski definition) is 0. The average Bonchev–Trinajstić information content (AvgIpc) is 2.14. The van der Waals surface area contributed by atoms with E-state index in [2.05, 4.69) is 9.72 Å². The summed E-state index contributed by atoms with van der Waals surface area (Å²) in [6.45, 7) is -0.107. The van der Waals surface area contributed by atoms with Gasteiger partial charge in [0.15, 0.2) is 12.4 Å². The van der Waals surface area contributed by atoms with Crippen molar-refractivity contribution in [2.45, 2.75) is 13.1 Å². The Morgan fingerprint density at radius 2 is 2.20 bits per heavy atom. The van der Waals surface area contributed by atoms with Crippen molar-refractivity contribution in [1.82, 2.24) is 4.98 Å². The number of ether oxygens (including phenoxy) is 1. The van der Waals surface area contributed by atoms with E-state index in [0.717, 1.165) is 0 Å². The molecule has 1 aromatic rings. The minimum absolute atomic E-state index is 0.208. The summed E-state index contributed by atoms with van der Waals surface area (Å²) in [5, 5.41) is 0. The monoisotopic (exact) mass is 219 g/mol. The van der Waals surface area contributed by atoms with E-state index in [4.69, 9.17) is 0 Å². The molecule has 0 amide bonds. The molecule has 1 aromatic heterocycles. The third-order valence-corrected chi connectivity index (χ3v) is 1.53. The van der Waals surface area contributed by atoms with Crippen LogP contribution in [0.5, 0.6) is 5.88 Å². The van der Waals surface area contributed by atoms with Crippen molar-refractivity contribution in [3.05, 3.63) is 23.9 Å². The molecular formula is C9H8F3NO2. The fraction of sp³-hybridized carbons (Fsp3) is 0.333. The van der Waals surface area contributed by atoms with Gasteiger partial charge < -0.3 is 4.74 Å². The summed E-state index contributed by atoms with van der Waals surface area (Å²) in [4.78, 5) is 14.4. The van der Waals surface area contributed by atoms with Gasteiger partial charge in [0.05, 0.1) is 0 Å². The highest BCUT2D eigenvalue weighted by atomic mass is 19.4. The van der Waals surface area contributed by atoms with E-state index in [1.54, 1.807) is 0 Å². The van der Waals surface area contributed by atoms with Gasteiger partial charge in [-0.1, -0.05) is 0 Å². The molecule has 6 heteroatoms. The van der Waals surface area contributed by atoms with Gasteiger partial charge in [0.25, 0.3) is 0 Å². The Morgan fingerprint density at radius 3 is 2.73 bits per heavy atom. The van der Waals surface area contributed by atoms with Crippen LogP contribution in [0.15, 0.2) is 18.3 Å². The number of ketones is 1. The lowest BCUT2D eigenvalue weighted by Crippen LogP contribution is -2.19. The van der Waals surface area contributed by atoms with Gasteiger partial charge in [-0.15, -0.1) is 0 Å². The number of carbonyl (C=O) groups is 1. The van der Waals surface area contributed by atoms with Crippen LogP contribution in [0.4, 0.5) is 13.2 Å². The molecule has 0 spiro atoms. The Bertz CT molecular complexity index is 363. The van der Waals surface area contributed by atoms with E-state index in [0.29, 0.717) is 0 Å². The van der Waals surface area contributed by atoms with Crippen LogP contribution >= 0.6 is 0 Å². The summed E-state index contributed by atoms with van der Waals surface area (Å²) in [7, 11) is 0. The van der Waals surface area contributed by atoms with E-state index in [-0.39, 0.29) is 17.2 Å². The molecule has 3 nitrogen and oxygen atoms in total. The molecule has 1 heterocycles. The first-order chi connectivity index (χ1) is 6.88. The zero-order valence-corrected chi connectivity index (χ0v) is 7.84. The highest BCUT2D eigenvalue weighted by molar-refractivity contribution is 5.94. The molecule has 0 aliphatic carbocycles. The van der Waals surface area contributed by atoms with Gasteiger partial charge in [0, 0.05) is 17.8 Å². The Labute approximate surface area is 83.9 Å². The number of nitrogens with zero attached hydrogens (tertiary/aromatic N) is 1. The molecule has 0 saturated heterocycles. The number of pyridine rings is 1. The van der Waals surface area contributed by atoms with Crippen molar-refractivity contribution in [3.8, 4) is 5.88 Å². The van der Waals surface area contributed by atoms with Gasteiger partial charge in [-0.3, -0.25) is 4.79 Å². The van der Waals surface area contributed by atoms with Crippen molar-refractivity contribution < 1.29 is 22.7 Å². The fourth-order valence-corrected chi connectivity index (χ4v) is 0.863. The maximum absolute atomic E-state index is 11.8. The van der Waals surface area contributed by atoms with Crippen LogP contribution in [-0.4, -0.2) is 23.6 Å². The predicted molar refractivity (Wildman–Crippen MR) is 45.8 cm³/mol. The highest BCUT2D eigenvalue weighted by Crippen LogP contribution is 2.17. The van der Waals surface area contributed by atoms with Gasteiger partial charge in [-0.25, -0.2) is 4.98 Å². The van der Waals surface area contributed by atoms with Crippen LogP contribution in [-0.2, 0) is 0 Å². The van der Waals surface area contributed by atoms with Crippen LogP contribution in [0.3, 0.4) is 0 Å². The van der Waals surface area contributed by atoms with Crippen LogP contribution in [0, 0.1) is 0 Å². The van der Waals surface area contributed by atoms with Crippen molar-refractivity contribution in [3.63, 3.8) is 0 Å². The van der Waals surface area contributed by atoms with E-state index < -0.39 is 12.8 Å². The molecule has 82 valence electrons. The number of Topliss-reactive ketones (excluding diaryl/α,β-unsaturated/α-hetero) is 1. The molecule has 0 radical (unpaired) electrons. The largest absolute Gasteiger partial charge is 0.468 e. The van der Waals surface area contributed by atoms with E-state index in [1.165, 1.54) is 25.3 Å². The van der Waals surface area contributed by atoms with Crippen molar-refractivity contribution in [1.29, 1.82) is 0 Å². The summed E-state index contributed by atoms with van der Waals surface area (Å²) in [6, 6.07) is 2.58. The lowest BCUT2D eigenvalue weighted by atomic mass is 10.2. The van der Waals surface area contributed by atoms with E-state index in [9.17, 15) is 18.0 Å². The lowest BCUT2D eigenvalue weighted by molar-refractivity contribution is -0.154. The molecule has 0 saturated carbocycles. The van der Waals surface area contributed by atoms with E-state index >= 15 is 0 Å². The average molecular weight is 219 g/mol. The molecule has 0 aliphatic heterocycles. The molecule has 15 heavy (non-hydrogen) atoms. The molecule has 0 bridgehead atoms. The second-order valence-electron chi connectivity index (χ2n) is 2.84. The standard InChI is InChI=1S/C9H8F3NO2/c1-6(14)7-2-3-13-8(4-7)15-5-9(10,11)12/h2-4H,5H2,1H3. The Morgan fingerprint density at radius 1 is 1.53 bits per heavy atom. The maximum Gasteiger partial charge on any atom is 0.422 e. The zero-order chi connectivity index (χ0) is 11.5. The normalized spacial score (nSPS) is 11.2. The number of halogens is 3. The van der Waals surface area contributed by atoms with Gasteiger partial charge in [-0.2, -0.15) is 13.2 Å². The molecule has 0 fully saturated rings. The second-order valence-corrected chi connectivity index (χ2v) is 2.84. The smallest absolute Gasteiger partial charge is 0.422 e. The minimum atomic E-state index is -4.41. The first-order valence-electron chi connectivity index (χ1n) is 4.05. The summed E-state index contributed by atoms with van der Waals surface area (Å²) in [6.07, 6.45) is -3.18. The van der Waals surface area contributed by atoms with Crippen molar-refractivity contribution in [2.24, 2.45) is 0 Å². The van der Waals surface area contributed by atoms with Crippen LogP contribution in [0.2, 0.25) is 0 Å². The quantitative estimate of drug-likeness (QED) is 0.731. The Kier molecular flexibility index (Phi) is 3.28. The molecule has 0 aromatic carbocycles. The molecule has 0 unspecified atom stereocenters. The topological polar surface area (TPSA) is 39.2 Å². The van der Waals surface area contributed by atoms with Crippen LogP contribution in [0.1, 0.15) is 17.3 Å². The predicted octanol–water partition coefficient (Wildman–Crippen LogP) is 2.23. The number of alkyl halides is 3. The van der Waals surface area contributed by atoms with Gasteiger partial charge >= 0.3 is 6.18 Å². The molecule has 0 aliphatic rings. The first kappa shape index (κ1) is 11.5. The third kappa shape index (κ3) is 3.97. The fourth-order valence-electron chi connectivity index (χ4n) is 0.863. The van der Waals surface area contributed by atoms with Crippen LogP contribution in [0.25, 0.3) is 0 Å². The highest BCUT2D eigenvalue weighted by Gasteiger charge is 2.28. The first-order valence-corrected chi connectivity index (χ1v) is 4.05. The van der Waals surface area contributed by atoms with Gasteiger partial charge in [0.1, 0.15) is 0 Å². The molecule has 0 N–H and O–H groups in total. The summed E-state index contributed by atoms with van der Waals surface area (Å²) in [5.41, 5.74) is 0.266. The number of hydrogen-bond acceptors (Lipinski definition) is 3. The zero-order valence-electron chi connectivity index (χ0n) is 7.84. The van der Waals surface area contributed by atoms with E-state index in [1.807, 2.05) is 0 Å². The SMILES string of the molecule is CC(=O)c1ccnc(OCC(F)(F)F)c1. The molecule has 0 atom stereocenters. The number of carbonyl (C=O) groups excluding carboxylic acids is 1. The second kappa shape index (κ2) is 4.29. The minimum Gasteiger partial charge on any atom is -0.468 e. The number of aromatic nitrogens is 1. The Hall–Kier alpha value is -1.59. The molecule has 1 rings (SSSR count).